The first kappa shape index (κ1) is 21.4. The fourth-order valence-electron chi connectivity index (χ4n) is 2.72. The molecule has 0 saturated heterocycles. The lowest BCUT2D eigenvalue weighted by Crippen LogP contribution is -2.28. The Morgan fingerprint density at radius 1 is 1.30 bits per heavy atom. The Morgan fingerprint density at radius 2 is 2.04 bits per heavy atom. The van der Waals surface area contributed by atoms with E-state index in [2.05, 4.69) is 20.5 Å². The molecule has 1 amide bonds. The van der Waals surface area contributed by atoms with Gasteiger partial charge in [0, 0.05) is 25.2 Å². The fraction of sp³-hybridized carbons (Fsp3) is 0.412. The van der Waals surface area contributed by atoms with Crippen LogP contribution in [-0.2, 0) is 29.7 Å². The highest BCUT2D eigenvalue weighted by molar-refractivity contribution is 7.89. The Bertz CT molecular complexity index is 857. The molecule has 2 heterocycles. The van der Waals surface area contributed by atoms with Crippen LogP contribution in [0.15, 0.2) is 35.2 Å². The van der Waals surface area contributed by atoms with Crippen LogP contribution in [0.25, 0.3) is 0 Å². The SMILES string of the molecule is CCCNS(=O)(=O)c1ccc(C(=O)NCc2cc3n(n2)CCNC3)cc1.Cl. The number of nitrogens with zero attached hydrogens (tertiary/aromatic N) is 2. The van der Waals surface area contributed by atoms with Gasteiger partial charge in [0.1, 0.15) is 0 Å². The van der Waals surface area contributed by atoms with E-state index < -0.39 is 10.0 Å². The normalized spacial score (nSPS) is 13.5. The second kappa shape index (κ2) is 9.32. The molecule has 10 heteroatoms. The Morgan fingerprint density at radius 3 is 2.70 bits per heavy atom. The van der Waals surface area contributed by atoms with Crippen LogP contribution in [0.2, 0.25) is 0 Å². The minimum atomic E-state index is -3.52. The highest BCUT2D eigenvalue weighted by Gasteiger charge is 2.15. The highest BCUT2D eigenvalue weighted by atomic mass is 35.5. The first-order valence-electron chi connectivity index (χ1n) is 8.64. The lowest BCUT2D eigenvalue weighted by molar-refractivity contribution is 0.0950. The molecular formula is C17H24ClN5O3S. The van der Waals surface area contributed by atoms with Gasteiger partial charge in [-0.15, -0.1) is 12.4 Å². The molecule has 0 saturated carbocycles. The molecule has 8 nitrogen and oxygen atoms in total. The lowest BCUT2D eigenvalue weighted by Gasteiger charge is -2.13. The summed E-state index contributed by atoms with van der Waals surface area (Å²) in [5, 5.41) is 10.6. The van der Waals surface area contributed by atoms with Crippen LogP contribution in [0.5, 0.6) is 0 Å². The van der Waals surface area contributed by atoms with Crippen LogP contribution in [0.3, 0.4) is 0 Å². The summed E-state index contributed by atoms with van der Waals surface area (Å²) in [7, 11) is -3.52. The Labute approximate surface area is 165 Å². The van der Waals surface area contributed by atoms with Crippen molar-refractivity contribution in [3.8, 4) is 0 Å². The molecule has 27 heavy (non-hydrogen) atoms. The molecule has 0 spiro atoms. The number of amides is 1. The van der Waals surface area contributed by atoms with E-state index in [1.54, 1.807) is 0 Å². The van der Waals surface area contributed by atoms with Gasteiger partial charge in [0.25, 0.3) is 5.91 Å². The van der Waals surface area contributed by atoms with Crippen molar-refractivity contribution in [2.24, 2.45) is 0 Å². The second-order valence-electron chi connectivity index (χ2n) is 6.13. The van der Waals surface area contributed by atoms with Crippen LogP contribution in [-0.4, -0.2) is 37.2 Å². The average Bonchev–Trinajstić information content (AvgIpc) is 3.07. The van der Waals surface area contributed by atoms with Crippen LogP contribution in [0, 0.1) is 0 Å². The molecule has 2 aromatic rings. The third-order valence-corrected chi connectivity index (χ3v) is 5.60. The molecule has 1 aromatic carbocycles. The highest BCUT2D eigenvalue weighted by Crippen LogP contribution is 2.11. The second-order valence-corrected chi connectivity index (χ2v) is 7.90. The molecule has 3 rings (SSSR count). The van der Waals surface area contributed by atoms with E-state index in [-0.39, 0.29) is 23.2 Å². The molecule has 1 aliphatic rings. The van der Waals surface area contributed by atoms with E-state index >= 15 is 0 Å². The molecule has 0 radical (unpaired) electrons. The maximum absolute atomic E-state index is 12.3. The van der Waals surface area contributed by atoms with Crippen LogP contribution < -0.4 is 15.4 Å². The van der Waals surface area contributed by atoms with E-state index in [0.29, 0.717) is 25.1 Å². The predicted octanol–water partition coefficient (Wildman–Crippen LogP) is 1.03. The third kappa shape index (κ3) is 5.29. The van der Waals surface area contributed by atoms with Crippen LogP contribution in [0.4, 0.5) is 0 Å². The lowest BCUT2D eigenvalue weighted by atomic mass is 10.2. The summed E-state index contributed by atoms with van der Waals surface area (Å²) in [4.78, 5) is 12.4. The van der Waals surface area contributed by atoms with Gasteiger partial charge in [0.2, 0.25) is 10.0 Å². The van der Waals surface area contributed by atoms with E-state index in [9.17, 15) is 13.2 Å². The van der Waals surface area contributed by atoms with E-state index in [1.807, 2.05) is 17.7 Å². The van der Waals surface area contributed by atoms with E-state index in [4.69, 9.17) is 0 Å². The van der Waals surface area contributed by atoms with Crippen molar-refractivity contribution in [3.63, 3.8) is 0 Å². The third-order valence-electron chi connectivity index (χ3n) is 4.12. The number of rotatable bonds is 7. The van der Waals surface area contributed by atoms with Crippen LogP contribution >= 0.6 is 12.4 Å². The first-order valence-corrected chi connectivity index (χ1v) is 10.1. The number of nitrogens with one attached hydrogen (secondary N) is 3. The number of benzene rings is 1. The largest absolute Gasteiger partial charge is 0.346 e. The van der Waals surface area contributed by atoms with Gasteiger partial charge in [0.15, 0.2) is 0 Å². The van der Waals surface area contributed by atoms with E-state index in [1.165, 1.54) is 24.3 Å². The molecule has 3 N–H and O–H groups in total. The number of halogens is 1. The molecule has 0 fully saturated rings. The molecule has 0 atom stereocenters. The van der Waals surface area contributed by atoms with Gasteiger partial charge in [0.05, 0.1) is 29.4 Å². The van der Waals surface area contributed by atoms with Gasteiger partial charge in [-0.3, -0.25) is 9.48 Å². The molecule has 0 bridgehead atoms. The van der Waals surface area contributed by atoms with Crippen LogP contribution in [0.1, 0.15) is 35.1 Å². The van der Waals surface area contributed by atoms with Crippen molar-refractivity contribution in [2.45, 2.75) is 37.9 Å². The summed E-state index contributed by atoms with van der Waals surface area (Å²) >= 11 is 0. The van der Waals surface area contributed by atoms with Crippen molar-refractivity contribution >= 4 is 28.3 Å². The predicted molar refractivity (Wildman–Crippen MR) is 104 cm³/mol. The van der Waals surface area contributed by atoms with Crippen molar-refractivity contribution < 1.29 is 13.2 Å². The Balaban J connectivity index is 0.00000261. The summed E-state index contributed by atoms with van der Waals surface area (Å²) in [6.07, 6.45) is 0.716. The van der Waals surface area contributed by atoms with E-state index in [0.717, 1.165) is 31.0 Å². The number of sulfonamides is 1. The molecule has 1 aromatic heterocycles. The monoisotopic (exact) mass is 413 g/mol. The fourth-order valence-corrected chi connectivity index (χ4v) is 3.85. The number of aromatic nitrogens is 2. The number of carbonyl (C=O) groups excluding carboxylic acids is 1. The summed E-state index contributed by atoms with van der Waals surface area (Å²) < 4.78 is 28.5. The zero-order valence-corrected chi connectivity index (χ0v) is 16.7. The zero-order chi connectivity index (χ0) is 18.6. The number of fused-ring (bicyclic) bond motifs is 1. The number of carbonyl (C=O) groups is 1. The average molecular weight is 414 g/mol. The summed E-state index contributed by atoms with van der Waals surface area (Å²) in [6.45, 7) is 5.10. The number of hydrogen-bond donors (Lipinski definition) is 3. The Kier molecular flexibility index (Phi) is 7.37. The van der Waals surface area contributed by atoms with Gasteiger partial charge in [-0.2, -0.15) is 5.10 Å². The molecule has 1 aliphatic heterocycles. The molecule has 148 valence electrons. The Hall–Kier alpha value is -1.94. The van der Waals surface area contributed by atoms with Gasteiger partial charge in [-0.25, -0.2) is 13.1 Å². The summed E-state index contributed by atoms with van der Waals surface area (Å²) in [6, 6.07) is 7.87. The minimum Gasteiger partial charge on any atom is -0.346 e. The maximum atomic E-state index is 12.3. The molecule has 0 aliphatic carbocycles. The van der Waals surface area contributed by atoms with Crippen molar-refractivity contribution in [1.29, 1.82) is 0 Å². The van der Waals surface area contributed by atoms with Crippen molar-refractivity contribution in [2.75, 3.05) is 13.1 Å². The van der Waals surface area contributed by atoms with Crippen molar-refractivity contribution in [3.05, 3.63) is 47.3 Å². The zero-order valence-electron chi connectivity index (χ0n) is 15.1. The van der Waals surface area contributed by atoms with Gasteiger partial charge < -0.3 is 10.6 Å². The first-order chi connectivity index (χ1) is 12.5. The minimum absolute atomic E-state index is 0. The van der Waals surface area contributed by atoms with Gasteiger partial charge >= 0.3 is 0 Å². The number of hydrogen-bond acceptors (Lipinski definition) is 5. The summed E-state index contributed by atoms with van der Waals surface area (Å²) in [5.74, 6) is -0.264. The molecule has 0 unspecified atom stereocenters. The maximum Gasteiger partial charge on any atom is 0.251 e. The quantitative estimate of drug-likeness (QED) is 0.628. The van der Waals surface area contributed by atoms with Gasteiger partial charge in [-0.1, -0.05) is 6.92 Å². The smallest absolute Gasteiger partial charge is 0.251 e. The van der Waals surface area contributed by atoms with Gasteiger partial charge in [-0.05, 0) is 36.8 Å². The summed E-state index contributed by atoms with van der Waals surface area (Å²) in [5.41, 5.74) is 2.32. The van der Waals surface area contributed by atoms with Crippen molar-refractivity contribution in [1.82, 2.24) is 25.1 Å². The topological polar surface area (TPSA) is 105 Å². The molecular weight excluding hydrogens is 390 g/mol. The standard InChI is InChI=1S/C17H23N5O3S.ClH/c1-2-7-20-26(24,25)16-5-3-13(4-6-16)17(23)19-11-14-10-15-12-18-8-9-22(15)21-14;/h3-6,10,18,20H,2,7-9,11-12H2,1H3,(H,19,23);1H.